The van der Waals surface area contributed by atoms with Crippen molar-refractivity contribution in [1.29, 1.82) is 0 Å². The number of benzene rings is 1. The van der Waals surface area contributed by atoms with Crippen molar-refractivity contribution in [2.75, 3.05) is 13.7 Å². The van der Waals surface area contributed by atoms with Crippen LogP contribution in [0.3, 0.4) is 0 Å². The molecule has 2 aromatic rings. The summed E-state index contributed by atoms with van der Waals surface area (Å²) in [7, 11) is 1.66. The predicted molar refractivity (Wildman–Crippen MR) is 86.1 cm³/mol. The molecule has 1 heterocycles. The van der Waals surface area contributed by atoms with Gasteiger partial charge in [-0.1, -0.05) is 13.0 Å². The largest absolute Gasteiger partial charge is 0.497 e. The van der Waals surface area contributed by atoms with Gasteiger partial charge < -0.3 is 14.8 Å². The number of thiazole rings is 1. The number of ether oxygens (including phenoxy) is 2. The third kappa shape index (κ3) is 4.44. The minimum absolute atomic E-state index is 0.237. The molecule has 2 rings (SSSR count). The molecular formula is C16H22N2O2S. The number of methoxy groups -OCH3 is 1. The smallest absolute Gasteiger partial charge is 0.131 e. The van der Waals surface area contributed by atoms with Crippen molar-refractivity contribution in [3.05, 3.63) is 40.3 Å². The van der Waals surface area contributed by atoms with Crippen LogP contribution in [0.1, 0.15) is 37.6 Å². The fraction of sp³-hybridized carbons (Fsp3) is 0.438. The van der Waals surface area contributed by atoms with Crippen LogP contribution < -0.4 is 14.8 Å². The Balaban J connectivity index is 2.14. The van der Waals surface area contributed by atoms with E-state index in [-0.39, 0.29) is 6.04 Å². The lowest BCUT2D eigenvalue weighted by molar-refractivity contribution is 0.293. The molecule has 1 N–H and O–H groups in total. The minimum Gasteiger partial charge on any atom is -0.497 e. The van der Waals surface area contributed by atoms with Gasteiger partial charge in [0.1, 0.15) is 18.1 Å². The van der Waals surface area contributed by atoms with Crippen LogP contribution in [0.2, 0.25) is 0 Å². The monoisotopic (exact) mass is 306 g/mol. The van der Waals surface area contributed by atoms with Crippen LogP contribution in [0.4, 0.5) is 0 Å². The first-order chi connectivity index (χ1) is 10.2. The van der Waals surface area contributed by atoms with Crippen molar-refractivity contribution in [2.45, 2.75) is 32.9 Å². The molecule has 1 aromatic carbocycles. The van der Waals surface area contributed by atoms with Crippen LogP contribution in [0.5, 0.6) is 11.5 Å². The number of nitrogens with one attached hydrogen (secondary N) is 1. The van der Waals surface area contributed by atoms with Crippen LogP contribution in [0.15, 0.2) is 29.1 Å². The Morgan fingerprint density at radius 3 is 2.90 bits per heavy atom. The average molecular weight is 306 g/mol. The molecular weight excluding hydrogens is 284 g/mol. The molecule has 0 bridgehead atoms. The molecule has 0 amide bonds. The van der Waals surface area contributed by atoms with Crippen molar-refractivity contribution in [2.24, 2.45) is 0 Å². The molecule has 1 atom stereocenters. The first-order valence-corrected chi connectivity index (χ1v) is 8.10. The summed E-state index contributed by atoms with van der Waals surface area (Å²) in [5.74, 6) is 1.65. The lowest BCUT2D eigenvalue weighted by atomic mass is 10.1. The predicted octanol–water partition coefficient (Wildman–Crippen LogP) is 3.79. The summed E-state index contributed by atoms with van der Waals surface area (Å²) < 4.78 is 11.2. The highest BCUT2D eigenvalue weighted by atomic mass is 32.1. The lowest BCUT2D eigenvalue weighted by Gasteiger charge is -2.18. The van der Waals surface area contributed by atoms with Gasteiger partial charge in [-0.25, -0.2) is 4.98 Å². The molecule has 0 saturated heterocycles. The SMILES string of the molecule is CCCNC(C)c1ccc(OC)cc1OCc1cscn1. The van der Waals surface area contributed by atoms with Crippen LogP contribution >= 0.6 is 11.3 Å². The molecule has 0 aliphatic heterocycles. The maximum Gasteiger partial charge on any atom is 0.131 e. The molecule has 0 fully saturated rings. The van der Waals surface area contributed by atoms with Crippen LogP contribution in [-0.4, -0.2) is 18.6 Å². The molecule has 21 heavy (non-hydrogen) atoms. The summed E-state index contributed by atoms with van der Waals surface area (Å²) in [6, 6.07) is 6.20. The zero-order valence-corrected chi connectivity index (χ0v) is 13.6. The first kappa shape index (κ1) is 15.8. The van der Waals surface area contributed by atoms with Gasteiger partial charge in [0.25, 0.3) is 0 Å². The van der Waals surface area contributed by atoms with Crippen molar-refractivity contribution >= 4 is 11.3 Å². The molecule has 1 aromatic heterocycles. The molecule has 114 valence electrons. The molecule has 0 aliphatic rings. The van der Waals surface area contributed by atoms with E-state index < -0.39 is 0 Å². The number of rotatable bonds is 8. The first-order valence-electron chi connectivity index (χ1n) is 7.15. The summed E-state index contributed by atoms with van der Waals surface area (Å²) >= 11 is 1.58. The second kappa shape index (κ2) is 8.00. The van der Waals surface area contributed by atoms with Gasteiger partial charge in [0.15, 0.2) is 0 Å². The second-order valence-corrected chi connectivity index (χ2v) is 5.57. The fourth-order valence-electron chi connectivity index (χ4n) is 2.06. The molecule has 4 nitrogen and oxygen atoms in total. The number of nitrogens with zero attached hydrogens (tertiary/aromatic N) is 1. The van der Waals surface area contributed by atoms with Crippen molar-refractivity contribution < 1.29 is 9.47 Å². The van der Waals surface area contributed by atoms with E-state index in [0.29, 0.717) is 6.61 Å². The standard InChI is InChI=1S/C16H22N2O2S/c1-4-7-17-12(2)15-6-5-14(19-3)8-16(15)20-9-13-10-21-11-18-13/h5-6,8,10-12,17H,4,7,9H2,1-3H3. The molecule has 0 spiro atoms. The lowest BCUT2D eigenvalue weighted by Crippen LogP contribution is -2.20. The van der Waals surface area contributed by atoms with E-state index in [1.165, 1.54) is 0 Å². The Labute approximate surface area is 130 Å². The van der Waals surface area contributed by atoms with Crippen LogP contribution in [0.25, 0.3) is 0 Å². The van der Waals surface area contributed by atoms with Gasteiger partial charge in [0, 0.05) is 23.1 Å². The third-order valence-electron chi connectivity index (χ3n) is 3.25. The number of aromatic nitrogens is 1. The van der Waals surface area contributed by atoms with E-state index in [9.17, 15) is 0 Å². The summed E-state index contributed by atoms with van der Waals surface area (Å²) in [5, 5.41) is 5.48. The van der Waals surface area contributed by atoms with Gasteiger partial charge in [-0.15, -0.1) is 11.3 Å². The van der Waals surface area contributed by atoms with Crippen LogP contribution in [-0.2, 0) is 6.61 Å². The van der Waals surface area contributed by atoms with E-state index in [1.807, 2.05) is 23.0 Å². The zero-order valence-electron chi connectivity index (χ0n) is 12.8. The summed E-state index contributed by atoms with van der Waals surface area (Å²) in [6.07, 6.45) is 1.11. The normalized spacial score (nSPS) is 12.1. The van der Waals surface area contributed by atoms with E-state index in [4.69, 9.17) is 9.47 Å². The second-order valence-electron chi connectivity index (χ2n) is 4.85. The molecule has 0 saturated carbocycles. The maximum atomic E-state index is 5.95. The van der Waals surface area contributed by atoms with E-state index in [2.05, 4.69) is 30.2 Å². The topological polar surface area (TPSA) is 43.4 Å². The Bertz CT molecular complexity index is 543. The van der Waals surface area contributed by atoms with Gasteiger partial charge in [0.05, 0.1) is 18.3 Å². The van der Waals surface area contributed by atoms with E-state index in [0.717, 1.165) is 35.7 Å². The van der Waals surface area contributed by atoms with Gasteiger partial charge >= 0.3 is 0 Å². The highest BCUT2D eigenvalue weighted by molar-refractivity contribution is 7.07. The molecule has 0 radical (unpaired) electrons. The Hall–Kier alpha value is -1.59. The summed E-state index contributed by atoms with van der Waals surface area (Å²) in [5.41, 5.74) is 3.90. The molecule has 0 aliphatic carbocycles. The maximum absolute atomic E-state index is 5.95. The average Bonchev–Trinajstić information content (AvgIpc) is 3.03. The minimum atomic E-state index is 0.237. The number of hydrogen-bond donors (Lipinski definition) is 1. The van der Waals surface area contributed by atoms with Gasteiger partial charge in [-0.2, -0.15) is 0 Å². The number of hydrogen-bond acceptors (Lipinski definition) is 5. The Kier molecular flexibility index (Phi) is 6.02. The third-order valence-corrected chi connectivity index (χ3v) is 3.88. The van der Waals surface area contributed by atoms with Crippen LogP contribution in [0, 0.1) is 0 Å². The van der Waals surface area contributed by atoms with Gasteiger partial charge in [0.2, 0.25) is 0 Å². The van der Waals surface area contributed by atoms with Gasteiger partial charge in [-0.05, 0) is 26.0 Å². The highest BCUT2D eigenvalue weighted by Crippen LogP contribution is 2.30. The van der Waals surface area contributed by atoms with Crippen molar-refractivity contribution in [1.82, 2.24) is 10.3 Å². The fourth-order valence-corrected chi connectivity index (χ4v) is 2.60. The Morgan fingerprint density at radius 1 is 1.38 bits per heavy atom. The zero-order chi connectivity index (χ0) is 15.1. The van der Waals surface area contributed by atoms with Crippen molar-refractivity contribution in [3.8, 4) is 11.5 Å². The van der Waals surface area contributed by atoms with E-state index in [1.54, 1.807) is 18.4 Å². The van der Waals surface area contributed by atoms with E-state index >= 15 is 0 Å². The highest BCUT2D eigenvalue weighted by Gasteiger charge is 2.13. The Morgan fingerprint density at radius 2 is 2.24 bits per heavy atom. The quantitative estimate of drug-likeness (QED) is 0.806. The summed E-state index contributed by atoms with van der Waals surface area (Å²) in [6.45, 7) is 5.77. The van der Waals surface area contributed by atoms with Crippen molar-refractivity contribution in [3.63, 3.8) is 0 Å². The molecule has 1 unspecified atom stereocenters. The molecule has 5 heteroatoms. The summed E-state index contributed by atoms with van der Waals surface area (Å²) in [4.78, 5) is 4.24. The van der Waals surface area contributed by atoms with Gasteiger partial charge in [-0.3, -0.25) is 0 Å².